The highest BCUT2D eigenvalue weighted by atomic mass is 15.3. The number of rotatable bonds is 4. The Kier molecular flexibility index (Phi) is 3.39. The standard InChI is InChI=1S/C18H17N9/c1-3-14-8-21-18-20-6-12(10-26(14)18)15-4-5-27-16(15)9-19-17(24-27)23-13-7-22-25(2)11-13/h4-11H,3H2,1-2H3,(H,23,24). The Morgan fingerprint density at radius 2 is 1.93 bits per heavy atom. The van der Waals surface area contributed by atoms with Crippen molar-refractivity contribution in [2.75, 3.05) is 5.32 Å². The van der Waals surface area contributed by atoms with Gasteiger partial charge in [0.1, 0.15) is 0 Å². The van der Waals surface area contributed by atoms with Crippen LogP contribution in [0, 0.1) is 0 Å². The minimum atomic E-state index is 0.508. The molecule has 0 amide bonds. The van der Waals surface area contributed by atoms with Crippen LogP contribution in [-0.4, -0.2) is 38.7 Å². The van der Waals surface area contributed by atoms with Crippen LogP contribution >= 0.6 is 0 Å². The molecule has 0 radical (unpaired) electrons. The van der Waals surface area contributed by atoms with Gasteiger partial charge in [-0.1, -0.05) is 6.92 Å². The number of fused-ring (bicyclic) bond motifs is 2. The fourth-order valence-corrected chi connectivity index (χ4v) is 3.14. The van der Waals surface area contributed by atoms with Crippen molar-refractivity contribution in [3.05, 3.63) is 55.1 Å². The summed E-state index contributed by atoms with van der Waals surface area (Å²) < 4.78 is 5.55. The maximum atomic E-state index is 4.53. The second-order valence-corrected chi connectivity index (χ2v) is 6.28. The summed E-state index contributed by atoms with van der Waals surface area (Å²) in [7, 11) is 1.86. The van der Waals surface area contributed by atoms with Crippen molar-refractivity contribution in [1.82, 2.24) is 38.7 Å². The molecule has 0 atom stereocenters. The van der Waals surface area contributed by atoms with Crippen molar-refractivity contribution >= 4 is 22.9 Å². The Bertz CT molecular complexity index is 1260. The molecule has 0 saturated carbocycles. The Labute approximate surface area is 154 Å². The van der Waals surface area contributed by atoms with Crippen LogP contribution in [0.15, 0.2) is 49.4 Å². The first-order valence-electron chi connectivity index (χ1n) is 8.63. The highest BCUT2D eigenvalue weighted by molar-refractivity contribution is 5.80. The molecule has 1 N–H and O–H groups in total. The smallest absolute Gasteiger partial charge is 0.245 e. The van der Waals surface area contributed by atoms with Crippen LogP contribution in [0.25, 0.3) is 22.4 Å². The SMILES string of the molecule is CCc1cnc2ncc(-c3ccn4nc(Nc5cnn(C)c5)ncc34)cn12. The van der Waals surface area contributed by atoms with Crippen molar-refractivity contribution < 1.29 is 0 Å². The van der Waals surface area contributed by atoms with Crippen LogP contribution in [0.1, 0.15) is 12.6 Å². The number of nitrogens with one attached hydrogen (secondary N) is 1. The first-order valence-corrected chi connectivity index (χ1v) is 8.63. The Morgan fingerprint density at radius 3 is 2.74 bits per heavy atom. The first kappa shape index (κ1) is 15.5. The van der Waals surface area contributed by atoms with E-state index in [1.165, 1.54) is 0 Å². The predicted octanol–water partition coefficient (Wildman–Crippen LogP) is 2.48. The summed E-state index contributed by atoms with van der Waals surface area (Å²) in [5, 5.41) is 11.8. The number of imidazole rings is 1. The van der Waals surface area contributed by atoms with Crippen LogP contribution < -0.4 is 5.32 Å². The third-order valence-corrected chi connectivity index (χ3v) is 4.49. The number of aromatic nitrogens is 8. The molecule has 9 heteroatoms. The lowest BCUT2D eigenvalue weighted by atomic mass is 10.1. The van der Waals surface area contributed by atoms with Gasteiger partial charge in [0.05, 0.1) is 29.8 Å². The molecule has 0 bridgehead atoms. The molecule has 0 aliphatic heterocycles. The van der Waals surface area contributed by atoms with Gasteiger partial charge in [-0.05, 0) is 12.5 Å². The van der Waals surface area contributed by atoms with E-state index in [0.29, 0.717) is 11.7 Å². The van der Waals surface area contributed by atoms with Gasteiger partial charge in [0.25, 0.3) is 0 Å². The van der Waals surface area contributed by atoms with Crippen LogP contribution in [0.3, 0.4) is 0 Å². The normalized spacial score (nSPS) is 11.5. The average molecular weight is 359 g/mol. The number of anilines is 2. The van der Waals surface area contributed by atoms with Crippen molar-refractivity contribution in [3.63, 3.8) is 0 Å². The highest BCUT2D eigenvalue weighted by Gasteiger charge is 2.11. The predicted molar refractivity (Wildman–Crippen MR) is 101 cm³/mol. The molecule has 0 aromatic carbocycles. The van der Waals surface area contributed by atoms with E-state index in [4.69, 9.17) is 0 Å². The zero-order valence-electron chi connectivity index (χ0n) is 14.9. The summed E-state index contributed by atoms with van der Waals surface area (Å²) in [5.74, 6) is 1.22. The quantitative estimate of drug-likeness (QED) is 0.530. The molecule has 0 aliphatic rings. The topological polar surface area (TPSA) is 90.2 Å². The second kappa shape index (κ2) is 5.90. The second-order valence-electron chi connectivity index (χ2n) is 6.28. The molecule has 27 heavy (non-hydrogen) atoms. The molecule has 0 fully saturated rings. The van der Waals surface area contributed by atoms with Crippen molar-refractivity contribution in [3.8, 4) is 11.1 Å². The Morgan fingerprint density at radius 1 is 1.04 bits per heavy atom. The molecule has 5 rings (SSSR count). The molecule has 0 saturated heterocycles. The van der Waals surface area contributed by atoms with E-state index in [2.05, 4.69) is 43.6 Å². The highest BCUT2D eigenvalue weighted by Crippen LogP contribution is 2.25. The molecule has 9 nitrogen and oxygen atoms in total. The number of hydrogen-bond acceptors (Lipinski definition) is 6. The van der Waals surface area contributed by atoms with E-state index in [1.54, 1.807) is 21.6 Å². The first-order chi connectivity index (χ1) is 13.2. The maximum absolute atomic E-state index is 4.53. The van der Waals surface area contributed by atoms with Gasteiger partial charge in [0, 0.05) is 48.7 Å². The van der Waals surface area contributed by atoms with Crippen LogP contribution in [-0.2, 0) is 13.5 Å². The van der Waals surface area contributed by atoms with E-state index in [-0.39, 0.29) is 0 Å². The van der Waals surface area contributed by atoms with E-state index < -0.39 is 0 Å². The number of nitrogens with zero attached hydrogens (tertiary/aromatic N) is 8. The average Bonchev–Trinajstić information content (AvgIpc) is 3.39. The third-order valence-electron chi connectivity index (χ3n) is 4.49. The van der Waals surface area contributed by atoms with Gasteiger partial charge < -0.3 is 5.32 Å². The van der Waals surface area contributed by atoms with Gasteiger partial charge in [-0.15, -0.1) is 5.10 Å². The molecular weight excluding hydrogens is 342 g/mol. The molecule has 0 spiro atoms. The third kappa shape index (κ3) is 2.60. The summed E-state index contributed by atoms with van der Waals surface area (Å²) in [6, 6.07) is 2.02. The number of hydrogen-bond donors (Lipinski definition) is 1. The molecule has 5 aromatic heterocycles. The van der Waals surface area contributed by atoms with Crippen molar-refractivity contribution in [2.45, 2.75) is 13.3 Å². The van der Waals surface area contributed by atoms with Gasteiger partial charge >= 0.3 is 0 Å². The minimum absolute atomic E-state index is 0.508. The fourth-order valence-electron chi connectivity index (χ4n) is 3.14. The minimum Gasteiger partial charge on any atom is -0.320 e. The van der Waals surface area contributed by atoms with E-state index in [1.807, 2.05) is 42.3 Å². The Balaban J connectivity index is 1.54. The van der Waals surface area contributed by atoms with E-state index in [9.17, 15) is 0 Å². The molecule has 0 unspecified atom stereocenters. The molecular formula is C18H17N9. The van der Waals surface area contributed by atoms with Gasteiger partial charge in [-0.25, -0.2) is 19.5 Å². The Hall–Kier alpha value is -3.75. The largest absolute Gasteiger partial charge is 0.320 e. The summed E-state index contributed by atoms with van der Waals surface area (Å²) in [6.07, 6.45) is 14.0. The van der Waals surface area contributed by atoms with Gasteiger partial charge in [0.2, 0.25) is 11.7 Å². The molecule has 0 aliphatic carbocycles. The lowest BCUT2D eigenvalue weighted by molar-refractivity contribution is 0.768. The molecule has 134 valence electrons. The zero-order chi connectivity index (χ0) is 18.4. The number of aryl methyl sites for hydroxylation is 2. The van der Waals surface area contributed by atoms with E-state index >= 15 is 0 Å². The molecule has 5 aromatic rings. The summed E-state index contributed by atoms with van der Waals surface area (Å²) in [5.41, 5.74) is 4.89. The molecule has 5 heterocycles. The summed E-state index contributed by atoms with van der Waals surface area (Å²) in [6.45, 7) is 2.11. The van der Waals surface area contributed by atoms with Crippen LogP contribution in [0.2, 0.25) is 0 Å². The monoisotopic (exact) mass is 359 g/mol. The van der Waals surface area contributed by atoms with Gasteiger partial charge in [-0.3, -0.25) is 9.08 Å². The van der Waals surface area contributed by atoms with Crippen molar-refractivity contribution in [1.29, 1.82) is 0 Å². The van der Waals surface area contributed by atoms with Crippen molar-refractivity contribution in [2.24, 2.45) is 7.05 Å². The van der Waals surface area contributed by atoms with Gasteiger partial charge in [-0.2, -0.15) is 5.10 Å². The maximum Gasteiger partial charge on any atom is 0.245 e. The van der Waals surface area contributed by atoms with Gasteiger partial charge in [0.15, 0.2) is 0 Å². The van der Waals surface area contributed by atoms with E-state index in [0.717, 1.165) is 34.4 Å². The summed E-state index contributed by atoms with van der Waals surface area (Å²) in [4.78, 5) is 13.2. The van der Waals surface area contributed by atoms with Crippen LogP contribution in [0.4, 0.5) is 11.6 Å². The van der Waals surface area contributed by atoms with Crippen LogP contribution in [0.5, 0.6) is 0 Å². The lowest BCUT2D eigenvalue weighted by Gasteiger charge is -2.05. The summed E-state index contributed by atoms with van der Waals surface area (Å²) >= 11 is 0. The fraction of sp³-hybridized carbons (Fsp3) is 0.167. The zero-order valence-corrected chi connectivity index (χ0v) is 14.9. The lowest BCUT2D eigenvalue weighted by Crippen LogP contribution is -2.01.